The Hall–Kier alpha value is -3.73. The molecule has 1 aliphatic carbocycles. The van der Waals surface area contributed by atoms with Gasteiger partial charge in [0.2, 0.25) is 0 Å². The van der Waals surface area contributed by atoms with Gasteiger partial charge >= 0.3 is 0 Å². The monoisotopic (exact) mass is 991 g/mol. The van der Waals surface area contributed by atoms with E-state index in [0.29, 0.717) is 5.92 Å². The molecule has 0 unspecified atom stereocenters. The number of hydrogen-bond acceptors (Lipinski definition) is 3. The molecule has 1 radical (unpaired) electrons. The Balaban J connectivity index is 0.000000203. The zero-order valence-electron chi connectivity index (χ0n) is 37.0. The number of thiophene rings is 1. The molecule has 1 saturated carbocycles. The normalized spacial score (nSPS) is 13.7. The summed E-state index contributed by atoms with van der Waals surface area (Å²) in [6, 6.07) is 38.2. The molecule has 0 bridgehead atoms. The van der Waals surface area contributed by atoms with E-state index in [1.165, 1.54) is 92.1 Å². The third kappa shape index (κ3) is 11.0. The van der Waals surface area contributed by atoms with Gasteiger partial charge < -0.3 is 9.97 Å². The molecule has 0 spiro atoms. The largest absolute Gasteiger partial charge is 0.305 e. The van der Waals surface area contributed by atoms with Crippen LogP contribution in [0, 0.1) is 37.8 Å². The predicted octanol–water partition coefficient (Wildman–Crippen LogP) is 14.9. The van der Waals surface area contributed by atoms with E-state index in [0.717, 1.165) is 34.9 Å². The van der Waals surface area contributed by atoms with Crippen LogP contribution in [0.5, 0.6) is 0 Å². The average molecular weight is 991 g/mol. The van der Waals surface area contributed by atoms with Crippen LogP contribution in [0.1, 0.15) is 94.5 Å². The molecule has 0 aliphatic heterocycles. The first-order valence-corrected chi connectivity index (χ1v) is 25.9. The van der Waals surface area contributed by atoms with Crippen molar-refractivity contribution in [1.29, 1.82) is 0 Å². The van der Waals surface area contributed by atoms with E-state index >= 15 is 0 Å². The molecule has 0 amide bonds. The molecule has 8 rings (SSSR count). The van der Waals surface area contributed by atoms with Crippen LogP contribution in [0.15, 0.2) is 97.3 Å². The van der Waals surface area contributed by atoms with Gasteiger partial charge in [-0.15, -0.1) is 58.7 Å². The van der Waals surface area contributed by atoms with Crippen LogP contribution in [0.25, 0.3) is 53.8 Å². The number of benzene rings is 4. The van der Waals surface area contributed by atoms with Gasteiger partial charge in [0.05, 0.1) is 8.07 Å². The van der Waals surface area contributed by atoms with Crippen LogP contribution >= 0.6 is 11.3 Å². The second-order valence-corrected chi connectivity index (χ2v) is 25.4. The van der Waals surface area contributed by atoms with Gasteiger partial charge in [0.25, 0.3) is 0 Å². The molecule has 309 valence electrons. The number of aryl methyl sites for hydroxylation is 2. The SMILES string of the molecule is CC(C)Cc1ccnc(-c2[c-]cc3sc4cc(-c5cccc(C(C)(C)C)c5)ccc4c3c2)c1.Cc1c[c-]c(-c2cc(CC3CCCCC3)c([Si](C)(C)C)cn2)cc1C.[Ir]. The number of nitrogens with zero attached hydrogens (tertiary/aromatic N) is 2. The molecule has 0 N–H and O–H groups in total. The maximum Gasteiger partial charge on any atom is 0.0798 e. The van der Waals surface area contributed by atoms with Crippen LogP contribution in [-0.4, -0.2) is 18.0 Å². The van der Waals surface area contributed by atoms with Gasteiger partial charge in [-0.1, -0.05) is 165 Å². The van der Waals surface area contributed by atoms with Gasteiger partial charge in [-0.3, -0.25) is 0 Å². The van der Waals surface area contributed by atoms with Crippen molar-refractivity contribution >= 4 is 44.8 Å². The van der Waals surface area contributed by atoms with Crippen LogP contribution in [0.4, 0.5) is 0 Å². The zero-order chi connectivity index (χ0) is 41.2. The Morgan fingerprint density at radius 3 is 2.17 bits per heavy atom. The fraction of sp³-hybridized carbons (Fsp3) is 0.370. The fourth-order valence-electron chi connectivity index (χ4n) is 8.44. The molecule has 5 heteroatoms. The Morgan fingerprint density at radius 2 is 1.46 bits per heavy atom. The topological polar surface area (TPSA) is 25.8 Å². The van der Waals surface area contributed by atoms with Gasteiger partial charge in [-0.2, -0.15) is 11.3 Å². The van der Waals surface area contributed by atoms with Gasteiger partial charge in [0.15, 0.2) is 0 Å². The van der Waals surface area contributed by atoms with Crippen molar-refractivity contribution in [3.05, 3.63) is 137 Å². The summed E-state index contributed by atoms with van der Waals surface area (Å²) in [4.78, 5) is 9.49. The molecule has 3 heterocycles. The molecule has 4 aromatic carbocycles. The number of aromatic nitrogens is 2. The van der Waals surface area contributed by atoms with E-state index in [1.807, 2.05) is 17.5 Å². The van der Waals surface area contributed by atoms with E-state index in [1.54, 1.807) is 10.8 Å². The summed E-state index contributed by atoms with van der Waals surface area (Å²) in [7, 11) is -1.38. The van der Waals surface area contributed by atoms with Crippen molar-refractivity contribution in [3.8, 4) is 33.6 Å². The number of pyridine rings is 2. The van der Waals surface area contributed by atoms with E-state index in [-0.39, 0.29) is 25.5 Å². The fourth-order valence-corrected chi connectivity index (χ4v) is 11.1. The predicted molar refractivity (Wildman–Crippen MR) is 255 cm³/mol. The summed E-state index contributed by atoms with van der Waals surface area (Å²) < 4.78 is 2.59. The molecule has 0 saturated heterocycles. The molecule has 7 aromatic rings. The molecule has 0 atom stereocenters. The van der Waals surface area contributed by atoms with Crippen molar-refractivity contribution in [2.75, 3.05) is 0 Å². The molecule has 59 heavy (non-hydrogen) atoms. The molecular formula is C54H62IrN2SSi-2. The quantitative estimate of drug-likeness (QED) is 0.112. The van der Waals surface area contributed by atoms with Gasteiger partial charge in [0, 0.05) is 37.2 Å². The number of hydrogen-bond donors (Lipinski definition) is 0. The first kappa shape index (κ1) is 44.8. The first-order valence-electron chi connectivity index (χ1n) is 21.6. The zero-order valence-corrected chi connectivity index (χ0v) is 41.2. The Morgan fingerprint density at radius 1 is 0.746 bits per heavy atom. The van der Waals surface area contributed by atoms with E-state index in [9.17, 15) is 0 Å². The summed E-state index contributed by atoms with van der Waals surface area (Å²) in [6.07, 6.45) is 13.5. The van der Waals surface area contributed by atoms with Crippen LogP contribution in [0.3, 0.4) is 0 Å². The van der Waals surface area contributed by atoms with Gasteiger partial charge in [-0.25, -0.2) is 0 Å². The smallest absolute Gasteiger partial charge is 0.0798 e. The summed E-state index contributed by atoms with van der Waals surface area (Å²) in [5.74, 6) is 1.49. The number of fused-ring (bicyclic) bond motifs is 3. The Labute approximate surface area is 373 Å². The number of rotatable bonds is 8. The van der Waals surface area contributed by atoms with Crippen molar-refractivity contribution in [2.45, 2.75) is 118 Å². The molecule has 3 aromatic heterocycles. The van der Waals surface area contributed by atoms with Crippen molar-refractivity contribution in [3.63, 3.8) is 0 Å². The first-order chi connectivity index (χ1) is 27.6. The molecule has 1 aliphatic rings. The average Bonchev–Trinajstić information content (AvgIpc) is 3.56. The van der Waals surface area contributed by atoms with Gasteiger partial charge in [0.1, 0.15) is 0 Å². The summed E-state index contributed by atoms with van der Waals surface area (Å²) in [5.41, 5.74) is 13.9. The van der Waals surface area contributed by atoms with Crippen molar-refractivity contribution in [1.82, 2.24) is 9.97 Å². The molecule has 1 fully saturated rings. The Bertz CT molecular complexity index is 2530. The second kappa shape index (κ2) is 18.9. The summed E-state index contributed by atoms with van der Waals surface area (Å²) in [6.45, 7) is 22.9. The van der Waals surface area contributed by atoms with Crippen molar-refractivity contribution in [2.24, 2.45) is 11.8 Å². The minimum absolute atomic E-state index is 0. The van der Waals surface area contributed by atoms with Crippen LogP contribution in [-0.2, 0) is 38.4 Å². The minimum Gasteiger partial charge on any atom is -0.305 e. The molecular weight excluding hydrogens is 929 g/mol. The van der Waals surface area contributed by atoms with Crippen LogP contribution in [0.2, 0.25) is 19.6 Å². The van der Waals surface area contributed by atoms with Crippen LogP contribution < -0.4 is 5.19 Å². The van der Waals surface area contributed by atoms with E-state index < -0.39 is 8.07 Å². The summed E-state index contributed by atoms with van der Waals surface area (Å²) in [5, 5.41) is 4.14. The maximum absolute atomic E-state index is 4.84. The second-order valence-electron chi connectivity index (χ2n) is 19.3. The maximum atomic E-state index is 4.84. The third-order valence-corrected chi connectivity index (χ3v) is 15.1. The third-order valence-electron chi connectivity index (χ3n) is 11.9. The summed E-state index contributed by atoms with van der Waals surface area (Å²) >= 11 is 1.84. The van der Waals surface area contributed by atoms with E-state index in [2.05, 4.69) is 176 Å². The molecule has 2 nitrogen and oxygen atoms in total. The standard InChI is InChI=1S/C31H30NS.C23H32NSi.Ir/c1-20(2)15-21-13-14-32-28(16-21)24-10-12-29-27(18-24)26-11-9-23(19-30(26)33-29)22-7-6-8-25(17-22)31(3,4)5;1-17-11-12-20(13-18(17)2)22-15-21(14-19-9-7-6-8-10-19)23(16-24-22)25(3,4)5;/h6-9,11-14,16-20H,15H2,1-5H3;11,13,15-16,19H,6-10,14H2,1-5H3;/q2*-1;. The van der Waals surface area contributed by atoms with Gasteiger partial charge in [-0.05, 0) is 85.6 Å². The van der Waals surface area contributed by atoms with E-state index in [4.69, 9.17) is 4.98 Å². The Kier molecular flexibility index (Phi) is 14.4. The minimum atomic E-state index is -1.38. The van der Waals surface area contributed by atoms with Crippen molar-refractivity contribution < 1.29 is 20.1 Å².